The number of benzene rings is 1. The number of hydrogen-bond donors (Lipinski definition) is 2. The van der Waals surface area contributed by atoms with E-state index < -0.39 is 0 Å². The van der Waals surface area contributed by atoms with E-state index in [2.05, 4.69) is 5.32 Å². The quantitative estimate of drug-likeness (QED) is 0.786. The molecule has 17 heavy (non-hydrogen) atoms. The molecule has 1 fully saturated rings. The molecule has 0 unspecified atom stereocenters. The highest BCUT2D eigenvalue weighted by Gasteiger charge is 2.16. The lowest BCUT2D eigenvalue weighted by Crippen LogP contribution is -2.18. The first-order chi connectivity index (χ1) is 8.24. The van der Waals surface area contributed by atoms with E-state index in [1.165, 1.54) is 32.1 Å². The zero-order valence-corrected chi connectivity index (χ0v) is 10.1. The zero-order valence-electron chi connectivity index (χ0n) is 10.1. The number of rotatable bonds is 3. The number of nitrogens with two attached hydrogens (primary N) is 1. The van der Waals surface area contributed by atoms with Gasteiger partial charge in [0.1, 0.15) is 0 Å². The average molecular weight is 232 g/mol. The van der Waals surface area contributed by atoms with E-state index in [0.29, 0.717) is 18.0 Å². The minimum absolute atomic E-state index is 0.113. The van der Waals surface area contributed by atoms with Gasteiger partial charge in [-0.3, -0.25) is 4.79 Å². The summed E-state index contributed by atoms with van der Waals surface area (Å²) in [5, 5.41) is 2.91. The van der Waals surface area contributed by atoms with E-state index in [0.717, 1.165) is 5.69 Å². The lowest BCUT2D eigenvalue weighted by Gasteiger charge is -2.20. The summed E-state index contributed by atoms with van der Waals surface area (Å²) in [6.07, 6.45) is 6.92. The van der Waals surface area contributed by atoms with Gasteiger partial charge in [-0.25, -0.2) is 0 Å². The van der Waals surface area contributed by atoms with Crippen molar-refractivity contribution in [2.45, 2.75) is 38.5 Å². The van der Waals surface area contributed by atoms with Gasteiger partial charge in [-0.2, -0.15) is 0 Å². The molecule has 1 aromatic rings. The minimum atomic E-state index is 0.113. The molecule has 0 aliphatic heterocycles. The highest BCUT2D eigenvalue weighted by atomic mass is 16.1. The summed E-state index contributed by atoms with van der Waals surface area (Å²) in [6.45, 7) is 0. The maximum Gasteiger partial charge on any atom is 0.224 e. The summed E-state index contributed by atoms with van der Waals surface area (Å²) < 4.78 is 0. The first kappa shape index (κ1) is 12.0. The predicted octanol–water partition coefficient (Wildman–Crippen LogP) is 3.18. The van der Waals surface area contributed by atoms with E-state index in [1.54, 1.807) is 6.07 Å². The summed E-state index contributed by atoms with van der Waals surface area (Å²) in [6, 6.07) is 7.33. The van der Waals surface area contributed by atoms with Crippen LogP contribution in [0.1, 0.15) is 38.5 Å². The van der Waals surface area contributed by atoms with Gasteiger partial charge in [0.2, 0.25) is 5.91 Å². The fourth-order valence-electron chi connectivity index (χ4n) is 2.48. The zero-order chi connectivity index (χ0) is 12.1. The second kappa shape index (κ2) is 5.71. The smallest absolute Gasteiger partial charge is 0.224 e. The van der Waals surface area contributed by atoms with E-state index in [4.69, 9.17) is 5.73 Å². The molecular formula is C14H20N2O. The van der Waals surface area contributed by atoms with Crippen LogP contribution in [0.4, 0.5) is 11.4 Å². The van der Waals surface area contributed by atoms with E-state index in [1.807, 2.05) is 18.2 Å². The lowest BCUT2D eigenvalue weighted by molar-refractivity contribution is -0.117. The number of amides is 1. The summed E-state index contributed by atoms with van der Waals surface area (Å²) in [7, 11) is 0. The molecule has 1 amide bonds. The van der Waals surface area contributed by atoms with Crippen molar-refractivity contribution in [3.63, 3.8) is 0 Å². The molecule has 0 saturated heterocycles. The highest BCUT2D eigenvalue weighted by molar-refractivity contribution is 5.91. The number of nitrogen functional groups attached to an aromatic ring is 1. The second-order valence-electron chi connectivity index (χ2n) is 4.88. The maximum absolute atomic E-state index is 11.8. The summed E-state index contributed by atoms with van der Waals surface area (Å²) >= 11 is 0. The Labute approximate surface area is 102 Å². The third-order valence-corrected chi connectivity index (χ3v) is 3.37. The molecule has 92 valence electrons. The van der Waals surface area contributed by atoms with Crippen molar-refractivity contribution in [1.29, 1.82) is 0 Å². The van der Waals surface area contributed by atoms with Crippen molar-refractivity contribution in [3.8, 4) is 0 Å². The van der Waals surface area contributed by atoms with Gasteiger partial charge in [0.15, 0.2) is 0 Å². The molecule has 0 aromatic heterocycles. The lowest BCUT2D eigenvalue weighted by atomic mass is 9.87. The van der Waals surface area contributed by atoms with Gasteiger partial charge in [-0.1, -0.05) is 25.3 Å². The SMILES string of the molecule is Nc1cccc(NC(=O)CC2CCCCC2)c1. The molecule has 0 atom stereocenters. The molecule has 0 spiro atoms. The van der Waals surface area contributed by atoms with Crippen LogP contribution in [0.5, 0.6) is 0 Å². The Morgan fingerprint density at radius 1 is 1.29 bits per heavy atom. The molecule has 0 bridgehead atoms. The van der Waals surface area contributed by atoms with Crippen molar-refractivity contribution in [2.24, 2.45) is 5.92 Å². The largest absolute Gasteiger partial charge is 0.399 e. The molecule has 0 heterocycles. The Kier molecular flexibility index (Phi) is 4.02. The first-order valence-corrected chi connectivity index (χ1v) is 6.39. The Hall–Kier alpha value is -1.51. The fourth-order valence-corrected chi connectivity index (χ4v) is 2.48. The van der Waals surface area contributed by atoms with E-state index in [-0.39, 0.29) is 5.91 Å². The Balaban J connectivity index is 1.84. The van der Waals surface area contributed by atoms with Crippen LogP contribution in [0.3, 0.4) is 0 Å². The van der Waals surface area contributed by atoms with Gasteiger partial charge in [0, 0.05) is 17.8 Å². The van der Waals surface area contributed by atoms with E-state index in [9.17, 15) is 4.79 Å². The molecule has 1 aromatic carbocycles. The number of nitrogens with one attached hydrogen (secondary N) is 1. The van der Waals surface area contributed by atoms with Gasteiger partial charge >= 0.3 is 0 Å². The molecule has 0 radical (unpaired) electrons. The van der Waals surface area contributed by atoms with Crippen LogP contribution >= 0.6 is 0 Å². The maximum atomic E-state index is 11.8. The number of carbonyl (C=O) groups is 1. The molecule has 1 aliphatic carbocycles. The van der Waals surface area contributed by atoms with Gasteiger partial charge < -0.3 is 11.1 Å². The highest BCUT2D eigenvalue weighted by Crippen LogP contribution is 2.26. The van der Waals surface area contributed by atoms with E-state index >= 15 is 0 Å². The topological polar surface area (TPSA) is 55.1 Å². The Morgan fingerprint density at radius 2 is 2.06 bits per heavy atom. The van der Waals surface area contributed by atoms with Crippen LogP contribution in [0.15, 0.2) is 24.3 Å². The van der Waals surface area contributed by atoms with Gasteiger partial charge in [-0.05, 0) is 37.0 Å². The number of hydrogen-bond acceptors (Lipinski definition) is 2. The van der Waals surface area contributed by atoms with Gasteiger partial charge in [-0.15, -0.1) is 0 Å². The van der Waals surface area contributed by atoms with Crippen LogP contribution < -0.4 is 11.1 Å². The van der Waals surface area contributed by atoms with Crippen LogP contribution in [-0.4, -0.2) is 5.91 Å². The standard InChI is InChI=1S/C14H20N2O/c15-12-7-4-8-13(10-12)16-14(17)9-11-5-2-1-3-6-11/h4,7-8,10-11H,1-3,5-6,9,15H2,(H,16,17). The molecule has 1 saturated carbocycles. The normalized spacial score (nSPS) is 16.7. The van der Waals surface area contributed by atoms with Crippen LogP contribution in [0.2, 0.25) is 0 Å². The van der Waals surface area contributed by atoms with Gasteiger partial charge in [0.25, 0.3) is 0 Å². The minimum Gasteiger partial charge on any atom is -0.399 e. The van der Waals surface area contributed by atoms with Crippen molar-refractivity contribution in [2.75, 3.05) is 11.1 Å². The van der Waals surface area contributed by atoms with Crippen molar-refractivity contribution in [1.82, 2.24) is 0 Å². The molecule has 3 nitrogen and oxygen atoms in total. The van der Waals surface area contributed by atoms with Crippen molar-refractivity contribution < 1.29 is 4.79 Å². The van der Waals surface area contributed by atoms with Crippen LogP contribution in [0.25, 0.3) is 0 Å². The fraction of sp³-hybridized carbons (Fsp3) is 0.500. The molecular weight excluding hydrogens is 212 g/mol. The molecule has 3 N–H and O–H groups in total. The first-order valence-electron chi connectivity index (χ1n) is 6.39. The summed E-state index contributed by atoms with van der Waals surface area (Å²) in [5.41, 5.74) is 7.15. The van der Waals surface area contributed by atoms with Crippen molar-refractivity contribution >= 4 is 17.3 Å². The van der Waals surface area contributed by atoms with Crippen molar-refractivity contribution in [3.05, 3.63) is 24.3 Å². The number of carbonyl (C=O) groups excluding carboxylic acids is 1. The molecule has 3 heteroatoms. The number of anilines is 2. The Morgan fingerprint density at radius 3 is 2.76 bits per heavy atom. The predicted molar refractivity (Wildman–Crippen MR) is 70.7 cm³/mol. The third-order valence-electron chi connectivity index (χ3n) is 3.37. The average Bonchev–Trinajstić information content (AvgIpc) is 2.30. The van der Waals surface area contributed by atoms with Crippen LogP contribution in [-0.2, 0) is 4.79 Å². The monoisotopic (exact) mass is 232 g/mol. The summed E-state index contributed by atoms with van der Waals surface area (Å²) in [4.78, 5) is 11.8. The summed E-state index contributed by atoms with van der Waals surface area (Å²) in [5.74, 6) is 0.687. The van der Waals surface area contributed by atoms with Gasteiger partial charge in [0.05, 0.1) is 0 Å². The second-order valence-corrected chi connectivity index (χ2v) is 4.88. The molecule has 2 rings (SSSR count). The Bertz CT molecular complexity index is 384. The molecule has 1 aliphatic rings. The third kappa shape index (κ3) is 3.77. The van der Waals surface area contributed by atoms with Crippen LogP contribution in [0, 0.1) is 5.92 Å².